The number of halogens is 1. The smallest absolute Gasteiger partial charge is 0.127 e. The van der Waals surface area contributed by atoms with E-state index in [0.717, 1.165) is 18.7 Å². The SMILES string of the molecule is CCCNC(C)c1ccc(Oc2ccc(F)c(C)c2)cc1. The monoisotopic (exact) mass is 287 g/mol. The maximum atomic E-state index is 13.2. The van der Waals surface area contributed by atoms with Crippen molar-refractivity contribution in [3.8, 4) is 11.5 Å². The van der Waals surface area contributed by atoms with Crippen LogP contribution in [0.2, 0.25) is 0 Å². The van der Waals surface area contributed by atoms with Gasteiger partial charge in [-0.2, -0.15) is 0 Å². The zero-order valence-corrected chi connectivity index (χ0v) is 12.8. The van der Waals surface area contributed by atoms with Crippen molar-refractivity contribution < 1.29 is 9.13 Å². The number of hydrogen-bond donors (Lipinski definition) is 1. The molecule has 2 nitrogen and oxygen atoms in total. The number of nitrogens with one attached hydrogen (secondary N) is 1. The number of hydrogen-bond acceptors (Lipinski definition) is 2. The molecular formula is C18H22FNO. The molecule has 0 bridgehead atoms. The summed E-state index contributed by atoms with van der Waals surface area (Å²) in [6, 6.07) is 13.1. The van der Waals surface area contributed by atoms with E-state index in [1.54, 1.807) is 19.1 Å². The second-order valence-corrected chi connectivity index (χ2v) is 5.26. The lowest BCUT2D eigenvalue weighted by atomic mass is 10.1. The Morgan fingerprint density at radius 1 is 1.10 bits per heavy atom. The van der Waals surface area contributed by atoms with Crippen LogP contribution in [0.25, 0.3) is 0 Å². The highest BCUT2D eigenvalue weighted by atomic mass is 19.1. The average molecular weight is 287 g/mol. The van der Waals surface area contributed by atoms with Gasteiger partial charge in [-0.3, -0.25) is 0 Å². The molecule has 1 N–H and O–H groups in total. The summed E-state index contributed by atoms with van der Waals surface area (Å²) in [5, 5.41) is 3.45. The van der Waals surface area contributed by atoms with Crippen LogP contribution in [0, 0.1) is 12.7 Å². The first-order valence-corrected chi connectivity index (χ1v) is 7.37. The molecule has 2 aromatic carbocycles. The fourth-order valence-corrected chi connectivity index (χ4v) is 2.12. The maximum absolute atomic E-state index is 13.2. The summed E-state index contributed by atoms with van der Waals surface area (Å²) >= 11 is 0. The third-order valence-electron chi connectivity index (χ3n) is 3.45. The second-order valence-electron chi connectivity index (χ2n) is 5.26. The predicted octanol–water partition coefficient (Wildman–Crippen LogP) is 4.99. The van der Waals surface area contributed by atoms with Gasteiger partial charge < -0.3 is 10.1 Å². The number of ether oxygens (including phenoxy) is 1. The van der Waals surface area contributed by atoms with Crippen molar-refractivity contribution in [3.05, 3.63) is 59.4 Å². The van der Waals surface area contributed by atoms with Crippen molar-refractivity contribution in [2.45, 2.75) is 33.2 Å². The molecule has 0 aliphatic carbocycles. The minimum Gasteiger partial charge on any atom is -0.457 e. The van der Waals surface area contributed by atoms with Gasteiger partial charge in [0.15, 0.2) is 0 Å². The normalized spacial score (nSPS) is 12.2. The lowest BCUT2D eigenvalue weighted by Gasteiger charge is -2.14. The Morgan fingerprint density at radius 3 is 2.38 bits per heavy atom. The highest BCUT2D eigenvalue weighted by Crippen LogP contribution is 2.25. The predicted molar refractivity (Wildman–Crippen MR) is 84.4 cm³/mol. The van der Waals surface area contributed by atoms with E-state index in [0.29, 0.717) is 17.4 Å². The van der Waals surface area contributed by atoms with Gasteiger partial charge >= 0.3 is 0 Å². The summed E-state index contributed by atoms with van der Waals surface area (Å²) in [5.74, 6) is 1.19. The first kappa shape index (κ1) is 15.5. The molecule has 0 heterocycles. The van der Waals surface area contributed by atoms with Gasteiger partial charge in [-0.05, 0) is 68.3 Å². The average Bonchev–Trinajstić information content (AvgIpc) is 2.49. The van der Waals surface area contributed by atoms with Crippen molar-refractivity contribution in [2.24, 2.45) is 0 Å². The van der Waals surface area contributed by atoms with E-state index in [1.165, 1.54) is 11.6 Å². The molecule has 0 aliphatic heterocycles. The van der Waals surface area contributed by atoms with Gasteiger partial charge in [0, 0.05) is 6.04 Å². The Balaban J connectivity index is 2.03. The van der Waals surface area contributed by atoms with Crippen molar-refractivity contribution in [2.75, 3.05) is 6.54 Å². The third-order valence-corrected chi connectivity index (χ3v) is 3.45. The molecule has 1 atom stereocenters. The van der Waals surface area contributed by atoms with Crippen LogP contribution in [0.4, 0.5) is 4.39 Å². The van der Waals surface area contributed by atoms with Crippen LogP contribution in [0.15, 0.2) is 42.5 Å². The topological polar surface area (TPSA) is 21.3 Å². The molecule has 2 aromatic rings. The minimum atomic E-state index is -0.214. The zero-order valence-electron chi connectivity index (χ0n) is 12.8. The standard InChI is InChI=1S/C18H22FNO/c1-4-11-20-14(3)15-5-7-16(8-6-15)21-17-9-10-18(19)13(2)12-17/h5-10,12,14,20H,4,11H2,1-3H3. The summed E-state index contributed by atoms with van der Waals surface area (Å²) < 4.78 is 19.0. The van der Waals surface area contributed by atoms with Crippen molar-refractivity contribution >= 4 is 0 Å². The van der Waals surface area contributed by atoms with Crippen LogP contribution in [-0.2, 0) is 0 Å². The van der Waals surface area contributed by atoms with Crippen LogP contribution in [0.5, 0.6) is 11.5 Å². The summed E-state index contributed by atoms with van der Waals surface area (Å²) in [4.78, 5) is 0. The van der Waals surface area contributed by atoms with Crippen molar-refractivity contribution in [1.29, 1.82) is 0 Å². The fourth-order valence-electron chi connectivity index (χ4n) is 2.12. The molecular weight excluding hydrogens is 265 g/mol. The number of rotatable bonds is 6. The van der Waals surface area contributed by atoms with Gasteiger partial charge in [-0.1, -0.05) is 19.1 Å². The molecule has 0 saturated carbocycles. The van der Waals surface area contributed by atoms with E-state index in [9.17, 15) is 4.39 Å². The Kier molecular flexibility index (Phi) is 5.34. The lowest BCUT2D eigenvalue weighted by molar-refractivity contribution is 0.479. The Morgan fingerprint density at radius 2 is 1.76 bits per heavy atom. The quantitative estimate of drug-likeness (QED) is 0.808. The maximum Gasteiger partial charge on any atom is 0.127 e. The van der Waals surface area contributed by atoms with E-state index in [-0.39, 0.29) is 5.82 Å². The molecule has 1 unspecified atom stereocenters. The highest BCUT2D eigenvalue weighted by molar-refractivity contribution is 5.36. The molecule has 0 amide bonds. The molecule has 0 saturated heterocycles. The van der Waals surface area contributed by atoms with Gasteiger partial charge in [0.2, 0.25) is 0 Å². The first-order chi connectivity index (χ1) is 10.1. The van der Waals surface area contributed by atoms with Crippen LogP contribution >= 0.6 is 0 Å². The Hall–Kier alpha value is -1.87. The van der Waals surface area contributed by atoms with E-state index in [1.807, 2.05) is 12.1 Å². The van der Waals surface area contributed by atoms with Crippen LogP contribution in [0.3, 0.4) is 0 Å². The van der Waals surface area contributed by atoms with Crippen molar-refractivity contribution in [3.63, 3.8) is 0 Å². The largest absolute Gasteiger partial charge is 0.457 e. The molecule has 0 aliphatic rings. The first-order valence-electron chi connectivity index (χ1n) is 7.37. The molecule has 0 aromatic heterocycles. The van der Waals surface area contributed by atoms with Gasteiger partial charge in [0.1, 0.15) is 17.3 Å². The van der Waals surface area contributed by atoms with E-state index >= 15 is 0 Å². The Bertz CT molecular complexity index is 580. The molecule has 112 valence electrons. The van der Waals surface area contributed by atoms with Gasteiger partial charge in [0.25, 0.3) is 0 Å². The van der Waals surface area contributed by atoms with E-state index < -0.39 is 0 Å². The van der Waals surface area contributed by atoms with Gasteiger partial charge in [-0.25, -0.2) is 4.39 Å². The molecule has 0 fully saturated rings. The molecule has 2 rings (SSSR count). The minimum absolute atomic E-state index is 0.214. The molecule has 0 radical (unpaired) electrons. The lowest BCUT2D eigenvalue weighted by Crippen LogP contribution is -2.19. The summed E-state index contributed by atoms with van der Waals surface area (Å²) in [6.07, 6.45) is 1.12. The molecule has 3 heteroatoms. The molecule has 0 spiro atoms. The van der Waals surface area contributed by atoms with Gasteiger partial charge in [0.05, 0.1) is 0 Å². The summed E-state index contributed by atoms with van der Waals surface area (Å²) in [5.41, 5.74) is 1.81. The molecule has 21 heavy (non-hydrogen) atoms. The van der Waals surface area contributed by atoms with E-state index in [2.05, 4.69) is 31.3 Å². The Labute approximate surface area is 126 Å². The van der Waals surface area contributed by atoms with Gasteiger partial charge in [-0.15, -0.1) is 0 Å². The van der Waals surface area contributed by atoms with Crippen LogP contribution in [0.1, 0.15) is 37.4 Å². The van der Waals surface area contributed by atoms with Crippen LogP contribution < -0.4 is 10.1 Å². The summed E-state index contributed by atoms with van der Waals surface area (Å²) in [7, 11) is 0. The van der Waals surface area contributed by atoms with Crippen LogP contribution in [-0.4, -0.2) is 6.54 Å². The zero-order chi connectivity index (χ0) is 15.2. The van der Waals surface area contributed by atoms with Crippen molar-refractivity contribution in [1.82, 2.24) is 5.32 Å². The third kappa shape index (κ3) is 4.30. The number of benzene rings is 2. The second kappa shape index (κ2) is 7.23. The number of aryl methyl sites for hydroxylation is 1. The highest BCUT2D eigenvalue weighted by Gasteiger charge is 2.05. The summed E-state index contributed by atoms with van der Waals surface area (Å²) in [6.45, 7) is 7.04. The van der Waals surface area contributed by atoms with E-state index in [4.69, 9.17) is 4.74 Å². The fraction of sp³-hybridized carbons (Fsp3) is 0.333.